The number of Topliss-reactive ketones (excluding diaryl/α,β-unsaturated/α-hetero) is 2. The van der Waals surface area contributed by atoms with Gasteiger partial charge in [0.05, 0.1) is 13.2 Å². The van der Waals surface area contributed by atoms with Gasteiger partial charge in [0.2, 0.25) is 11.6 Å². The maximum absolute atomic E-state index is 12.5. The van der Waals surface area contributed by atoms with Crippen LogP contribution in [-0.4, -0.2) is 42.8 Å². The summed E-state index contributed by atoms with van der Waals surface area (Å²) in [6.07, 6.45) is 1.24. The summed E-state index contributed by atoms with van der Waals surface area (Å²) in [4.78, 5) is 24.8. The number of benzene rings is 1. The number of allylic oxidation sites excluding steroid dienone is 2. The van der Waals surface area contributed by atoms with Gasteiger partial charge in [-0.3, -0.25) is 9.59 Å². The quantitative estimate of drug-likeness (QED) is 0.435. The highest BCUT2D eigenvalue weighted by Crippen LogP contribution is 2.25. The van der Waals surface area contributed by atoms with Crippen molar-refractivity contribution in [2.75, 3.05) is 19.8 Å². The molecule has 0 amide bonds. The minimum atomic E-state index is -0.307. The molecule has 8 nitrogen and oxygen atoms in total. The molecule has 1 aromatic carbocycles. The molecule has 0 spiro atoms. The fourth-order valence-corrected chi connectivity index (χ4v) is 2.95. The van der Waals surface area contributed by atoms with Gasteiger partial charge in [0.1, 0.15) is 11.4 Å². The zero-order valence-corrected chi connectivity index (χ0v) is 15.8. The van der Waals surface area contributed by atoms with E-state index in [1.54, 1.807) is 24.3 Å². The number of carbonyl (C=O) groups is 2. The predicted molar refractivity (Wildman–Crippen MR) is 97.7 cm³/mol. The highest BCUT2D eigenvalue weighted by atomic mass is 16.7. The Morgan fingerprint density at radius 2 is 1.70 bits per heavy atom. The van der Waals surface area contributed by atoms with Crippen molar-refractivity contribution in [3.8, 4) is 0 Å². The number of hydrogen-bond donors (Lipinski definition) is 4. The molecule has 1 aliphatic carbocycles. The van der Waals surface area contributed by atoms with Gasteiger partial charge < -0.3 is 20.5 Å². The molecule has 2 aliphatic rings. The van der Waals surface area contributed by atoms with Crippen molar-refractivity contribution >= 4 is 11.6 Å². The predicted octanol–water partition coefficient (Wildman–Crippen LogP) is 0.622. The van der Waals surface area contributed by atoms with Crippen molar-refractivity contribution in [3.05, 3.63) is 46.8 Å². The summed E-state index contributed by atoms with van der Waals surface area (Å²) in [6, 6.07) is 6.73. The summed E-state index contributed by atoms with van der Waals surface area (Å²) in [5.74, 6) is 1.71. The van der Waals surface area contributed by atoms with Gasteiger partial charge in [-0.1, -0.05) is 38.1 Å². The number of nitrogens with two attached hydrogens (primary N) is 1. The molecule has 8 heteroatoms. The minimum absolute atomic E-state index is 0.0179. The first-order valence-electron chi connectivity index (χ1n) is 8.86. The summed E-state index contributed by atoms with van der Waals surface area (Å²) in [5, 5.41) is 9.77. The van der Waals surface area contributed by atoms with Crippen LogP contribution in [0.5, 0.6) is 0 Å². The molecule has 1 heterocycles. The maximum atomic E-state index is 12.5. The summed E-state index contributed by atoms with van der Waals surface area (Å²) >= 11 is 0. The summed E-state index contributed by atoms with van der Waals surface area (Å²) in [6.45, 7) is 6.07. The van der Waals surface area contributed by atoms with Crippen LogP contribution in [0, 0.1) is 5.41 Å². The fourth-order valence-electron chi connectivity index (χ4n) is 2.95. The van der Waals surface area contributed by atoms with Crippen LogP contribution < -0.4 is 16.9 Å². The number of rotatable bonds is 5. The normalized spacial score (nSPS) is 19.3. The highest BCUT2D eigenvalue weighted by Gasteiger charge is 2.31. The Morgan fingerprint density at radius 1 is 1.15 bits per heavy atom. The van der Waals surface area contributed by atoms with E-state index in [9.17, 15) is 9.59 Å². The third-order valence-electron chi connectivity index (χ3n) is 4.40. The Balaban J connectivity index is 0.00000126. The second kappa shape index (κ2) is 9.09. The lowest BCUT2D eigenvalue weighted by atomic mass is 9.90. The molecule has 0 unspecified atom stereocenters. The van der Waals surface area contributed by atoms with Crippen LogP contribution in [0.1, 0.15) is 47.4 Å². The first kappa shape index (κ1) is 21.0. The minimum Gasteiger partial charge on any atom is -0.394 e. The molecule has 1 aliphatic heterocycles. The van der Waals surface area contributed by atoms with Crippen LogP contribution in [-0.2, 0) is 9.47 Å². The van der Waals surface area contributed by atoms with E-state index in [1.165, 1.54) is 0 Å². The molecular formula is C19H28N3O5+. The number of carbonyl (C=O) groups excluding carboxylic acids is 2. The van der Waals surface area contributed by atoms with Gasteiger partial charge in [0.15, 0.2) is 6.29 Å². The van der Waals surface area contributed by atoms with Crippen molar-refractivity contribution in [1.82, 2.24) is 5.32 Å². The smallest absolute Gasteiger partial charge is 0.211 e. The van der Waals surface area contributed by atoms with Gasteiger partial charge in [0, 0.05) is 29.5 Å². The summed E-state index contributed by atoms with van der Waals surface area (Å²) < 4.78 is 11.4. The van der Waals surface area contributed by atoms with Crippen LogP contribution in [0.2, 0.25) is 0 Å². The molecule has 1 saturated heterocycles. The molecule has 0 aromatic heterocycles. The Labute approximate surface area is 158 Å². The summed E-state index contributed by atoms with van der Waals surface area (Å²) in [7, 11) is 0. The Kier molecular flexibility index (Phi) is 7.09. The van der Waals surface area contributed by atoms with Gasteiger partial charge in [0.25, 0.3) is 0 Å². The third-order valence-corrected chi connectivity index (χ3v) is 4.40. The van der Waals surface area contributed by atoms with Crippen LogP contribution >= 0.6 is 0 Å². The summed E-state index contributed by atoms with van der Waals surface area (Å²) in [5.41, 5.74) is 6.86. The number of ether oxygens (including phenoxy) is 2. The van der Waals surface area contributed by atoms with Gasteiger partial charge in [-0.15, -0.1) is 0 Å². The first-order chi connectivity index (χ1) is 12.9. The van der Waals surface area contributed by atoms with E-state index in [1.807, 2.05) is 0 Å². The standard InChI is InChI=1S/C19H24N2O4.H4NO/c1-19(2)10-24-14(25-11-19)8-5-9-21-16-15(20)17(22)12-6-3-4-7-13(12)18(16)23;1-2/h3-4,6-7,14,21H,5,8-11,20H2,1-2H3;2H,1H3/q;+1. The molecular weight excluding hydrogens is 350 g/mol. The molecule has 0 bridgehead atoms. The first-order valence-corrected chi connectivity index (χ1v) is 8.86. The maximum Gasteiger partial charge on any atom is 0.211 e. The lowest BCUT2D eigenvalue weighted by Crippen LogP contribution is -2.42. The second-order valence-electron chi connectivity index (χ2n) is 7.28. The molecule has 3 rings (SSSR count). The van der Waals surface area contributed by atoms with Crippen molar-refractivity contribution in [2.45, 2.75) is 33.0 Å². The lowest BCUT2D eigenvalue weighted by Gasteiger charge is -2.34. The van der Waals surface area contributed by atoms with Crippen LogP contribution in [0.4, 0.5) is 0 Å². The molecule has 148 valence electrons. The zero-order valence-electron chi connectivity index (χ0n) is 15.8. The Bertz CT molecular complexity index is 720. The van der Waals surface area contributed by atoms with Crippen LogP contribution in [0.25, 0.3) is 0 Å². The van der Waals surface area contributed by atoms with Crippen molar-refractivity contribution in [2.24, 2.45) is 11.1 Å². The van der Waals surface area contributed by atoms with Gasteiger partial charge in [-0.25, -0.2) is 11.1 Å². The molecule has 27 heavy (non-hydrogen) atoms. The van der Waals surface area contributed by atoms with E-state index in [4.69, 9.17) is 20.4 Å². The van der Waals surface area contributed by atoms with E-state index in [0.29, 0.717) is 30.9 Å². The molecule has 0 saturated carbocycles. The van der Waals surface area contributed by atoms with Crippen molar-refractivity contribution in [1.29, 1.82) is 0 Å². The van der Waals surface area contributed by atoms with Gasteiger partial charge in [-0.05, 0) is 6.42 Å². The van der Waals surface area contributed by atoms with E-state index in [-0.39, 0.29) is 34.7 Å². The van der Waals surface area contributed by atoms with E-state index >= 15 is 0 Å². The number of quaternary nitrogens is 1. The number of ketones is 2. The van der Waals surface area contributed by atoms with Gasteiger partial charge in [-0.2, -0.15) is 0 Å². The second-order valence-corrected chi connectivity index (χ2v) is 7.28. The highest BCUT2D eigenvalue weighted by molar-refractivity contribution is 6.26. The van der Waals surface area contributed by atoms with Crippen molar-refractivity contribution in [3.63, 3.8) is 0 Å². The topological polar surface area (TPSA) is 139 Å². The fraction of sp³-hybridized carbons (Fsp3) is 0.474. The van der Waals surface area contributed by atoms with E-state index < -0.39 is 0 Å². The lowest BCUT2D eigenvalue weighted by molar-refractivity contribution is -0.670. The average Bonchev–Trinajstić information content (AvgIpc) is 2.68. The number of fused-ring (bicyclic) bond motifs is 1. The number of hydrogen-bond acceptors (Lipinski definition) is 7. The van der Waals surface area contributed by atoms with Gasteiger partial charge >= 0.3 is 0 Å². The molecule has 0 radical (unpaired) electrons. The van der Waals surface area contributed by atoms with Crippen LogP contribution in [0.15, 0.2) is 35.7 Å². The average molecular weight is 378 g/mol. The third kappa shape index (κ3) is 4.92. The zero-order chi connectivity index (χ0) is 20.0. The monoisotopic (exact) mass is 378 g/mol. The van der Waals surface area contributed by atoms with Crippen LogP contribution in [0.3, 0.4) is 0 Å². The van der Waals surface area contributed by atoms with E-state index in [2.05, 4.69) is 25.1 Å². The molecule has 1 fully saturated rings. The molecule has 7 N–H and O–H groups in total. The largest absolute Gasteiger partial charge is 0.394 e. The SMILES string of the molecule is CC1(C)COC(CCCNC2=C(N)C(=O)c3ccccc3C2=O)OC1.[NH3+]O. The van der Waals surface area contributed by atoms with Crippen molar-refractivity contribution < 1.29 is 30.2 Å². The molecule has 1 aromatic rings. The van der Waals surface area contributed by atoms with E-state index in [0.717, 1.165) is 12.8 Å². The number of nitrogens with one attached hydrogen (secondary N) is 1. The Morgan fingerprint density at radius 3 is 2.30 bits per heavy atom. The molecule has 0 atom stereocenters. The Hall–Kier alpha value is -2.26.